The molecule has 0 bridgehead atoms. The third kappa shape index (κ3) is 7.23. The number of carbonyl (C=O) groups is 3. The Balaban J connectivity index is 1.55. The van der Waals surface area contributed by atoms with Crippen molar-refractivity contribution < 1.29 is 23.5 Å². The maximum atomic E-state index is 14.1. The van der Waals surface area contributed by atoms with Crippen LogP contribution in [0.5, 0.6) is 0 Å². The molecule has 9 nitrogen and oxygen atoms in total. The highest BCUT2D eigenvalue weighted by Gasteiger charge is 2.54. The van der Waals surface area contributed by atoms with Crippen molar-refractivity contribution in [1.82, 2.24) is 25.8 Å². The van der Waals surface area contributed by atoms with Gasteiger partial charge in [0, 0.05) is 13.1 Å². The largest absolute Gasteiger partial charge is 0.369 e. The second kappa shape index (κ2) is 13.0. The van der Waals surface area contributed by atoms with E-state index >= 15 is 0 Å². The van der Waals surface area contributed by atoms with Gasteiger partial charge in [0.05, 0.1) is 37.4 Å². The SMILES string of the molecule is CN[C@@H](C)C(=O)NC(C(=O)N1CC[C@@H]2[C@H]1[C@@H](OCc1ccc(F)cc1)CN2C(=O)NCc1ccccc1)C(C)(C)C. The molecule has 10 heteroatoms. The van der Waals surface area contributed by atoms with E-state index in [-0.39, 0.29) is 42.4 Å². The summed E-state index contributed by atoms with van der Waals surface area (Å²) in [6, 6.07) is 13.7. The number of likely N-dealkylation sites (N-methyl/N-ethyl adjacent to an activating group) is 1. The van der Waals surface area contributed by atoms with E-state index in [4.69, 9.17) is 4.74 Å². The van der Waals surface area contributed by atoms with E-state index in [0.29, 0.717) is 26.1 Å². The summed E-state index contributed by atoms with van der Waals surface area (Å²) >= 11 is 0. The molecular weight excluding hydrogens is 525 g/mol. The molecule has 2 saturated heterocycles. The van der Waals surface area contributed by atoms with Crippen LogP contribution in [0.2, 0.25) is 0 Å². The molecule has 4 amide bonds. The van der Waals surface area contributed by atoms with Crippen LogP contribution in [0.1, 0.15) is 45.2 Å². The number of hydrogen-bond acceptors (Lipinski definition) is 5. The Morgan fingerprint density at radius 2 is 1.71 bits per heavy atom. The summed E-state index contributed by atoms with van der Waals surface area (Å²) in [6.45, 7) is 8.87. The number of ether oxygens (including phenoxy) is 1. The Bertz CT molecular complexity index is 1200. The van der Waals surface area contributed by atoms with Gasteiger partial charge in [-0.05, 0) is 49.1 Å². The number of hydrogen-bond donors (Lipinski definition) is 3. The van der Waals surface area contributed by atoms with E-state index in [1.165, 1.54) is 12.1 Å². The Labute approximate surface area is 241 Å². The zero-order chi connectivity index (χ0) is 29.7. The van der Waals surface area contributed by atoms with Crippen LogP contribution in [-0.4, -0.2) is 78.1 Å². The van der Waals surface area contributed by atoms with Crippen LogP contribution in [0.15, 0.2) is 54.6 Å². The van der Waals surface area contributed by atoms with Crippen molar-refractivity contribution in [2.75, 3.05) is 20.1 Å². The van der Waals surface area contributed by atoms with Crippen molar-refractivity contribution in [3.63, 3.8) is 0 Å². The first-order valence-electron chi connectivity index (χ1n) is 14.2. The minimum atomic E-state index is -0.761. The monoisotopic (exact) mass is 567 g/mol. The second-order valence-corrected chi connectivity index (χ2v) is 12.0. The summed E-state index contributed by atoms with van der Waals surface area (Å²) in [5.41, 5.74) is 1.24. The number of halogens is 1. The third-order valence-corrected chi connectivity index (χ3v) is 8.01. The Morgan fingerprint density at radius 1 is 1.02 bits per heavy atom. The second-order valence-electron chi connectivity index (χ2n) is 12.0. The number of likely N-dealkylation sites (tertiary alicyclic amines) is 2. The minimum Gasteiger partial charge on any atom is -0.369 e. The van der Waals surface area contributed by atoms with Crippen molar-refractivity contribution in [1.29, 1.82) is 0 Å². The lowest BCUT2D eigenvalue weighted by atomic mass is 9.85. The highest BCUT2D eigenvalue weighted by Crippen LogP contribution is 2.36. The molecule has 0 aromatic heterocycles. The van der Waals surface area contributed by atoms with Crippen LogP contribution >= 0.6 is 0 Å². The molecule has 2 aliphatic heterocycles. The molecule has 41 heavy (non-hydrogen) atoms. The molecule has 0 saturated carbocycles. The van der Waals surface area contributed by atoms with Crippen molar-refractivity contribution in [2.45, 2.75) is 77.5 Å². The van der Waals surface area contributed by atoms with E-state index < -0.39 is 23.6 Å². The lowest BCUT2D eigenvalue weighted by Gasteiger charge is -2.37. The van der Waals surface area contributed by atoms with Crippen molar-refractivity contribution in [3.05, 3.63) is 71.5 Å². The molecule has 1 unspecified atom stereocenters. The Hall–Kier alpha value is -3.50. The number of amides is 4. The van der Waals surface area contributed by atoms with Gasteiger partial charge in [-0.1, -0.05) is 63.2 Å². The molecular formula is C31H42FN5O4. The fourth-order valence-electron chi connectivity index (χ4n) is 5.54. The first-order valence-corrected chi connectivity index (χ1v) is 14.2. The molecule has 2 aliphatic rings. The summed E-state index contributed by atoms with van der Waals surface area (Å²) in [4.78, 5) is 43.8. The smallest absolute Gasteiger partial charge is 0.318 e. The number of fused-ring (bicyclic) bond motifs is 1. The maximum absolute atomic E-state index is 14.1. The van der Waals surface area contributed by atoms with E-state index in [1.807, 2.05) is 51.1 Å². The zero-order valence-electron chi connectivity index (χ0n) is 24.5. The number of urea groups is 1. The van der Waals surface area contributed by atoms with Crippen molar-refractivity contribution in [3.8, 4) is 0 Å². The molecule has 222 valence electrons. The van der Waals surface area contributed by atoms with Gasteiger partial charge in [-0.3, -0.25) is 9.59 Å². The maximum Gasteiger partial charge on any atom is 0.318 e. The first kappa shape index (κ1) is 30.5. The lowest BCUT2D eigenvalue weighted by molar-refractivity contribution is -0.142. The van der Waals surface area contributed by atoms with E-state index in [0.717, 1.165) is 11.1 Å². The number of rotatable bonds is 9. The fraction of sp³-hybridized carbons (Fsp3) is 0.516. The van der Waals surface area contributed by atoms with E-state index in [9.17, 15) is 18.8 Å². The van der Waals surface area contributed by atoms with Crippen molar-refractivity contribution in [2.24, 2.45) is 5.41 Å². The number of nitrogens with zero attached hydrogens (tertiary/aromatic N) is 2. The summed E-state index contributed by atoms with van der Waals surface area (Å²) in [5.74, 6) is -0.774. The van der Waals surface area contributed by atoms with Gasteiger partial charge in [-0.15, -0.1) is 0 Å². The van der Waals surface area contributed by atoms with Gasteiger partial charge in [-0.2, -0.15) is 0 Å². The summed E-state index contributed by atoms with van der Waals surface area (Å²) in [5, 5.41) is 8.89. The molecule has 2 fully saturated rings. The molecule has 5 atom stereocenters. The van der Waals surface area contributed by atoms with Gasteiger partial charge >= 0.3 is 6.03 Å². The topological polar surface area (TPSA) is 103 Å². The highest BCUT2D eigenvalue weighted by atomic mass is 19.1. The fourth-order valence-corrected chi connectivity index (χ4v) is 5.54. The molecule has 2 aromatic rings. The van der Waals surface area contributed by atoms with Crippen LogP contribution in [0.25, 0.3) is 0 Å². The Kier molecular flexibility index (Phi) is 9.65. The normalized spacial score (nSPS) is 21.8. The molecule has 2 aromatic carbocycles. The molecule has 0 spiro atoms. The summed E-state index contributed by atoms with van der Waals surface area (Å²) in [6.07, 6.45) is 0.148. The van der Waals surface area contributed by atoms with Gasteiger partial charge < -0.3 is 30.5 Å². The van der Waals surface area contributed by atoms with E-state index in [1.54, 1.807) is 35.9 Å². The molecule has 0 radical (unpaired) electrons. The van der Waals surface area contributed by atoms with Crippen LogP contribution < -0.4 is 16.0 Å². The van der Waals surface area contributed by atoms with E-state index in [2.05, 4.69) is 16.0 Å². The molecule has 4 rings (SSSR count). The third-order valence-electron chi connectivity index (χ3n) is 8.01. The summed E-state index contributed by atoms with van der Waals surface area (Å²) < 4.78 is 19.8. The van der Waals surface area contributed by atoms with Gasteiger partial charge in [0.25, 0.3) is 0 Å². The number of nitrogens with one attached hydrogen (secondary N) is 3. The van der Waals surface area contributed by atoms with Gasteiger partial charge in [-0.25, -0.2) is 9.18 Å². The number of carbonyl (C=O) groups excluding carboxylic acids is 3. The average Bonchev–Trinajstić information content (AvgIpc) is 3.54. The van der Waals surface area contributed by atoms with Gasteiger partial charge in [0.1, 0.15) is 11.9 Å². The molecule has 3 N–H and O–H groups in total. The minimum absolute atomic E-state index is 0.191. The highest BCUT2D eigenvalue weighted by molar-refractivity contribution is 5.90. The van der Waals surface area contributed by atoms with Crippen LogP contribution in [0, 0.1) is 11.2 Å². The first-order chi connectivity index (χ1) is 19.5. The van der Waals surface area contributed by atoms with Crippen LogP contribution in [0.4, 0.5) is 9.18 Å². The van der Waals surface area contributed by atoms with Gasteiger partial charge in [0.15, 0.2) is 0 Å². The van der Waals surface area contributed by atoms with Gasteiger partial charge in [0.2, 0.25) is 11.8 Å². The lowest BCUT2D eigenvalue weighted by Crippen LogP contribution is -2.59. The standard InChI is InChI=1S/C31H42FN5O4/c1-20(33-5)28(38)35-27(31(2,3)4)29(39)36-16-15-24-26(36)25(41-19-22-11-13-23(32)14-12-22)18-37(24)30(40)34-17-21-9-7-6-8-10-21/h6-14,20,24-27,33H,15-19H2,1-5H3,(H,34,40)(H,35,38)/t20-,24+,25-,26-,27?/m0/s1. The van der Waals surface area contributed by atoms with Crippen LogP contribution in [-0.2, 0) is 27.5 Å². The molecule has 2 heterocycles. The van der Waals surface area contributed by atoms with Crippen LogP contribution in [0.3, 0.4) is 0 Å². The predicted molar refractivity (Wildman–Crippen MR) is 154 cm³/mol. The quantitative estimate of drug-likeness (QED) is 0.432. The number of benzene rings is 2. The average molecular weight is 568 g/mol. The summed E-state index contributed by atoms with van der Waals surface area (Å²) in [7, 11) is 1.70. The Morgan fingerprint density at radius 3 is 2.34 bits per heavy atom. The predicted octanol–water partition coefficient (Wildman–Crippen LogP) is 3.04. The zero-order valence-corrected chi connectivity index (χ0v) is 24.5. The molecule has 0 aliphatic carbocycles. The van der Waals surface area contributed by atoms with Crippen molar-refractivity contribution >= 4 is 17.8 Å².